The Morgan fingerprint density at radius 3 is 2.47 bits per heavy atom. The number of nitrogens with zero attached hydrogens (tertiary/aromatic N) is 2. The van der Waals surface area contributed by atoms with Gasteiger partial charge in [0.1, 0.15) is 5.75 Å². The molecule has 3 aromatic carbocycles. The molecule has 0 spiro atoms. The molecule has 0 aliphatic carbocycles. The summed E-state index contributed by atoms with van der Waals surface area (Å²) in [4.78, 5) is 14.4. The Morgan fingerprint density at radius 1 is 1.09 bits per heavy atom. The molecule has 34 heavy (non-hydrogen) atoms. The smallest absolute Gasteiger partial charge is 0.277 e. The molecule has 5 nitrogen and oxygen atoms in total. The summed E-state index contributed by atoms with van der Waals surface area (Å²) in [6.07, 6.45) is 3.79. The minimum Gasteiger partial charge on any atom is -0.484 e. The van der Waals surface area contributed by atoms with Gasteiger partial charge in [-0.15, -0.1) is 0 Å². The lowest BCUT2D eigenvalue weighted by Gasteiger charge is -2.40. The minimum absolute atomic E-state index is 0.0914. The summed E-state index contributed by atoms with van der Waals surface area (Å²) >= 11 is 6.51. The number of anilines is 1. The molecule has 6 heteroatoms. The maximum Gasteiger partial charge on any atom is 0.277 e. The highest BCUT2D eigenvalue weighted by Crippen LogP contribution is 2.40. The van der Waals surface area contributed by atoms with E-state index in [9.17, 15) is 4.79 Å². The van der Waals surface area contributed by atoms with Crippen molar-refractivity contribution in [2.45, 2.75) is 26.3 Å². The third-order valence-electron chi connectivity index (χ3n) is 6.06. The molecule has 1 amide bonds. The van der Waals surface area contributed by atoms with Crippen LogP contribution in [-0.2, 0) is 4.79 Å². The van der Waals surface area contributed by atoms with Crippen molar-refractivity contribution in [2.75, 3.05) is 18.6 Å². The minimum atomic E-state index is -0.352. The van der Waals surface area contributed by atoms with Crippen LogP contribution in [0, 0.1) is 0 Å². The molecule has 1 N–H and O–H groups in total. The fourth-order valence-electron chi connectivity index (χ4n) is 4.02. The van der Waals surface area contributed by atoms with Gasteiger partial charge in [-0.3, -0.25) is 4.79 Å². The number of hydrazone groups is 1. The van der Waals surface area contributed by atoms with Crippen LogP contribution in [-0.4, -0.2) is 31.3 Å². The zero-order valence-electron chi connectivity index (χ0n) is 19.8. The van der Waals surface area contributed by atoms with Gasteiger partial charge in [-0.25, -0.2) is 5.43 Å². The first-order valence-corrected chi connectivity index (χ1v) is 11.5. The molecule has 0 bridgehead atoms. The number of rotatable bonds is 6. The number of halogens is 1. The summed E-state index contributed by atoms with van der Waals surface area (Å²) in [5, 5.41) is 4.64. The number of amides is 1. The van der Waals surface area contributed by atoms with Gasteiger partial charge in [0.15, 0.2) is 6.61 Å². The van der Waals surface area contributed by atoms with Crippen molar-refractivity contribution in [1.82, 2.24) is 5.43 Å². The number of carbonyl (C=O) groups excluding carboxylic acids is 1. The molecule has 1 aliphatic heterocycles. The van der Waals surface area contributed by atoms with Gasteiger partial charge in [0.25, 0.3) is 5.91 Å². The number of likely N-dealkylation sites (N-methyl/N-ethyl adjacent to an activating group) is 1. The number of hydrogen-bond donors (Lipinski definition) is 1. The van der Waals surface area contributed by atoms with Crippen molar-refractivity contribution < 1.29 is 9.53 Å². The second kappa shape index (κ2) is 9.74. The standard InChI is InChI=1S/C28H28ClN3O2/c1-19-16-28(2,3)32(4)26-15-25(29)22(14-24(19)26)17-30-31-27(33)18-34-23-12-10-21(11-13-23)20-8-6-5-7-9-20/h5-17H,18H2,1-4H3,(H,31,33)/b30-17+. The lowest BCUT2D eigenvalue weighted by Crippen LogP contribution is -2.42. The number of allylic oxidation sites excluding steroid dienone is 1. The fraction of sp³-hybridized carbons (Fsp3) is 0.214. The van der Waals surface area contributed by atoms with Crippen molar-refractivity contribution in [3.63, 3.8) is 0 Å². The van der Waals surface area contributed by atoms with E-state index in [1.54, 1.807) is 6.21 Å². The number of benzene rings is 3. The zero-order valence-corrected chi connectivity index (χ0v) is 20.6. The molecule has 1 aliphatic rings. The monoisotopic (exact) mass is 473 g/mol. The molecule has 0 unspecified atom stereocenters. The normalized spacial score (nSPS) is 14.5. The van der Waals surface area contributed by atoms with Gasteiger partial charge in [0.2, 0.25) is 0 Å². The van der Waals surface area contributed by atoms with E-state index in [1.807, 2.05) is 66.7 Å². The van der Waals surface area contributed by atoms with Gasteiger partial charge in [-0.1, -0.05) is 60.1 Å². The summed E-state index contributed by atoms with van der Waals surface area (Å²) in [5.41, 5.74) is 8.71. The van der Waals surface area contributed by atoms with Crippen LogP contribution in [0.15, 0.2) is 77.9 Å². The van der Waals surface area contributed by atoms with Gasteiger partial charge in [0, 0.05) is 23.9 Å². The number of nitrogens with one attached hydrogen (secondary N) is 1. The van der Waals surface area contributed by atoms with E-state index < -0.39 is 0 Å². The highest BCUT2D eigenvalue weighted by molar-refractivity contribution is 6.33. The van der Waals surface area contributed by atoms with Crippen molar-refractivity contribution >= 4 is 35.0 Å². The van der Waals surface area contributed by atoms with E-state index in [1.165, 1.54) is 5.57 Å². The molecular weight excluding hydrogens is 446 g/mol. The van der Waals surface area contributed by atoms with E-state index in [4.69, 9.17) is 16.3 Å². The van der Waals surface area contributed by atoms with Crippen LogP contribution in [0.1, 0.15) is 31.9 Å². The van der Waals surface area contributed by atoms with E-state index >= 15 is 0 Å². The fourth-order valence-corrected chi connectivity index (χ4v) is 4.22. The second-order valence-corrected chi connectivity index (χ2v) is 9.31. The van der Waals surface area contributed by atoms with E-state index in [0.29, 0.717) is 10.8 Å². The van der Waals surface area contributed by atoms with Crippen LogP contribution < -0.4 is 15.1 Å². The first kappa shape index (κ1) is 23.6. The Bertz CT molecular complexity index is 1250. The average Bonchev–Trinajstić information content (AvgIpc) is 2.83. The largest absolute Gasteiger partial charge is 0.484 e. The zero-order chi connectivity index (χ0) is 24.3. The summed E-state index contributed by atoms with van der Waals surface area (Å²) in [7, 11) is 2.06. The Hall–Kier alpha value is -3.57. The van der Waals surface area contributed by atoms with Crippen LogP contribution >= 0.6 is 11.6 Å². The Balaban J connectivity index is 1.35. The Labute approximate surface area is 205 Å². The molecule has 3 aromatic rings. The topological polar surface area (TPSA) is 53.9 Å². The Morgan fingerprint density at radius 2 is 1.76 bits per heavy atom. The first-order chi connectivity index (χ1) is 16.2. The molecule has 0 atom stereocenters. The van der Waals surface area contributed by atoms with E-state index in [2.05, 4.69) is 49.3 Å². The molecular formula is C28H28ClN3O2. The predicted octanol–water partition coefficient (Wildman–Crippen LogP) is 6.17. The van der Waals surface area contributed by atoms with Crippen molar-refractivity contribution in [2.24, 2.45) is 5.10 Å². The Kier molecular flexibility index (Phi) is 6.75. The van der Waals surface area contributed by atoms with Gasteiger partial charge in [-0.05, 0) is 61.7 Å². The number of ether oxygens (including phenoxy) is 1. The van der Waals surface area contributed by atoms with Crippen molar-refractivity contribution in [3.8, 4) is 16.9 Å². The SMILES string of the molecule is CC1=CC(C)(C)N(C)c2cc(Cl)c(/C=N/NC(=O)COc3ccc(-c4ccccc4)cc3)cc21. The van der Waals surface area contributed by atoms with Gasteiger partial charge >= 0.3 is 0 Å². The first-order valence-electron chi connectivity index (χ1n) is 11.1. The summed E-state index contributed by atoms with van der Waals surface area (Å²) < 4.78 is 5.58. The van der Waals surface area contributed by atoms with E-state index in [0.717, 1.165) is 27.9 Å². The van der Waals surface area contributed by atoms with Crippen LogP contribution in [0.2, 0.25) is 5.02 Å². The summed E-state index contributed by atoms with van der Waals surface area (Å²) in [5.74, 6) is 0.265. The molecule has 0 saturated carbocycles. The third kappa shape index (κ3) is 5.15. The van der Waals surface area contributed by atoms with Crippen LogP contribution in [0.5, 0.6) is 5.75 Å². The third-order valence-corrected chi connectivity index (χ3v) is 6.39. The molecule has 0 saturated heterocycles. The lowest BCUT2D eigenvalue weighted by molar-refractivity contribution is -0.123. The average molecular weight is 474 g/mol. The van der Waals surface area contributed by atoms with Gasteiger partial charge in [0.05, 0.1) is 16.8 Å². The second-order valence-electron chi connectivity index (χ2n) is 8.90. The van der Waals surface area contributed by atoms with Crippen molar-refractivity contribution in [1.29, 1.82) is 0 Å². The summed E-state index contributed by atoms with van der Waals surface area (Å²) in [6, 6.07) is 21.6. The molecule has 174 valence electrons. The quantitative estimate of drug-likeness (QED) is 0.344. The highest BCUT2D eigenvalue weighted by Gasteiger charge is 2.29. The molecule has 0 radical (unpaired) electrons. The molecule has 0 fully saturated rings. The maximum absolute atomic E-state index is 12.2. The van der Waals surface area contributed by atoms with Crippen LogP contribution in [0.4, 0.5) is 5.69 Å². The lowest BCUT2D eigenvalue weighted by atomic mass is 9.88. The predicted molar refractivity (Wildman–Crippen MR) is 141 cm³/mol. The van der Waals surface area contributed by atoms with Gasteiger partial charge in [-0.2, -0.15) is 5.10 Å². The molecule has 4 rings (SSSR count). The molecule has 0 aromatic heterocycles. The van der Waals surface area contributed by atoms with Crippen LogP contribution in [0.25, 0.3) is 16.7 Å². The number of hydrogen-bond acceptors (Lipinski definition) is 4. The highest BCUT2D eigenvalue weighted by atomic mass is 35.5. The number of carbonyl (C=O) groups is 1. The summed E-state index contributed by atoms with van der Waals surface area (Å²) in [6.45, 7) is 6.28. The van der Waals surface area contributed by atoms with Crippen molar-refractivity contribution in [3.05, 3.63) is 89.0 Å². The van der Waals surface area contributed by atoms with Gasteiger partial charge < -0.3 is 9.64 Å². The van der Waals surface area contributed by atoms with Crippen LogP contribution in [0.3, 0.4) is 0 Å². The molecule has 1 heterocycles. The number of fused-ring (bicyclic) bond motifs is 1. The van der Waals surface area contributed by atoms with E-state index in [-0.39, 0.29) is 18.1 Å². The maximum atomic E-state index is 12.2.